The highest BCUT2D eigenvalue weighted by Gasteiger charge is 2.47. The van der Waals surface area contributed by atoms with E-state index in [-0.39, 0.29) is 5.92 Å². The summed E-state index contributed by atoms with van der Waals surface area (Å²) in [6.07, 6.45) is 4.87. The van der Waals surface area contributed by atoms with Crippen molar-refractivity contribution < 1.29 is 29.3 Å². The maximum Gasteiger partial charge on any atom is 0.316 e. The molecule has 6 nitrogen and oxygen atoms in total. The molecule has 0 unspecified atom stereocenters. The lowest BCUT2D eigenvalue weighted by Gasteiger charge is -2.32. The maximum absolute atomic E-state index is 12.8. The van der Waals surface area contributed by atoms with Crippen LogP contribution in [0.5, 0.6) is 0 Å². The predicted octanol–water partition coefficient (Wildman–Crippen LogP) is 2.35. The summed E-state index contributed by atoms with van der Waals surface area (Å²) < 4.78 is 10.7. The molecule has 0 aromatic rings. The van der Waals surface area contributed by atoms with Crippen LogP contribution in [-0.4, -0.2) is 53.5 Å². The van der Waals surface area contributed by atoms with Gasteiger partial charge in [0.25, 0.3) is 0 Å². The number of methoxy groups -OCH3 is 1. The lowest BCUT2D eigenvalue weighted by atomic mass is 9.84. The van der Waals surface area contributed by atoms with Crippen LogP contribution in [0.3, 0.4) is 0 Å². The van der Waals surface area contributed by atoms with Gasteiger partial charge in [-0.05, 0) is 38.2 Å². The Kier molecular flexibility index (Phi) is 8.59. The quantitative estimate of drug-likeness (QED) is 0.444. The first kappa shape index (κ1) is 23.3. The number of hydrogen-bond acceptors (Lipinski definition) is 6. The number of allylic oxidation sites excluding steroid dienone is 3. The van der Waals surface area contributed by atoms with Crippen LogP contribution < -0.4 is 0 Å². The Morgan fingerprint density at radius 3 is 2.48 bits per heavy atom. The molecule has 0 spiro atoms. The largest absolute Gasteiger partial charge is 0.457 e. The standard InChI is InChI=1S/C21H32O6/c1-7-17-15(4)11-14(3)10-13(2)8-9-18(26-6)21(25,12-22)19(23)16(5)20(24)27-17/h8-9,11,13,16-18,22,25H,3,7,10,12H2,1-2,4-6H3/b9-8-,15-11+/t13-,16-,17+,18+,21-/m1/s1. The van der Waals surface area contributed by atoms with Crippen molar-refractivity contribution in [2.75, 3.05) is 13.7 Å². The van der Waals surface area contributed by atoms with Crippen molar-refractivity contribution in [2.45, 2.75) is 58.3 Å². The van der Waals surface area contributed by atoms with Crippen LogP contribution in [0.25, 0.3) is 0 Å². The second-order valence-electron chi connectivity index (χ2n) is 7.27. The molecule has 0 aliphatic carbocycles. The van der Waals surface area contributed by atoms with E-state index in [2.05, 4.69) is 6.58 Å². The third-order valence-corrected chi connectivity index (χ3v) is 4.91. The van der Waals surface area contributed by atoms with E-state index in [0.29, 0.717) is 12.8 Å². The summed E-state index contributed by atoms with van der Waals surface area (Å²) in [6.45, 7) is 10.3. The van der Waals surface area contributed by atoms with Crippen molar-refractivity contribution in [1.82, 2.24) is 0 Å². The van der Waals surface area contributed by atoms with E-state index in [0.717, 1.165) is 11.1 Å². The molecule has 1 aliphatic rings. The summed E-state index contributed by atoms with van der Waals surface area (Å²) in [6, 6.07) is 0. The van der Waals surface area contributed by atoms with E-state index in [1.807, 2.05) is 32.9 Å². The molecular formula is C21H32O6. The van der Waals surface area contributed by atoms with E-state index >= 15 is 0 Å². The Morgan fingerprint density at radius 2 is 1.96 bits per heavy atom. The van der Waals surface area contributed by atoms with Crippen LogP contribution in [0.1, 0.15) is 40.5 Å². The number of esters is 1. The minimum atomic E-state index is -2.24. The molecule has 6 heteroatoms. The number of ketones is 1. The highest BCUT2D eigenvalue weighted by Crippen LogP contribution is 2.25. The fourth-order valence-electron chi connectivity index (χ4n) is 3.21. The zero-order chi connectivity index (χ0) is 20.8. The number of rotatable bonds is 3. The summed E-state index contributed by atoms with van der Waals surface area (Å²) in [5.74, 6) is -2.77. The van der Waals surface area contributed by atoms with Crippen LogP contribution in [0, 0.1) is 11.8 Å². The Labute approximate surface area is 161 Å². The number of cyclic esters (lactones) is 1. The minimum Gasteiger partial charge on any atom is -0.457 e. The third-order valence-electron chi connectivity index (χ3n) is 4.91. The normalized spacial score (nSPS) is 37.1. The van der Waals surface area contributed by atoms with Crippen molar-refractivity contribution in [3.63, 3.8) is 0 Å². The number of carbonyl (C=O) groups is 2. The Morgan fingerprint density at radius 1 is 1.33 bits per heavy atom. The molecule has 2 N–H and O–H groups in total. The molecule has 0 aromatic carbocycles. The van der Waals surface area contributed by atoms with Crippen molar-refractivity contribution in [3.05, 3.63) is 36.0 Å². The van der Waals surface area contributed by atoms with E-state index in [9.17, 15) is 19.8 Å². The molecule has 1 aliphatic heterocycles. The Bertz CT molecular complexity index is 620. The van der Waals surface area contributed by atoms with Crippen LogP contribution in [-0.2, 0) is 19.1 Å². The van der Waals surface area contributed by atoms with Crippen LogP contribution >= 0.6 is 0 Å². The first-order valence-corrected chi connectivity index (χ1v) is 9.25. The predicted molar refractivity (Wildman–Crippen MR) is 103 cm³/mol. The number of carbonyl (C=O) groups excluding carboxylic acids is 2. The second kappa shape index (κ2) is 9.97. The summed E-state index contributed by atoms with van der Waals surface area (Å²) >= 11 is 0. The van der Waals surface area contributed by atoms with Gasteiger partial charge in [0.1, 0.15) is 18.1 Å². The van der Waals surface area contributed by atoms with E-state index in [1.165, 1.54) is 14.0 Å². The molecule has 0 saturated heterocycles. The molecule has 1 heterocycles. The van der Waals surface area contributed by atoms with Crippen molar-refractivity contribution >= 4 is 11.8 Å². The highest BCUT2D eigenvalue weighted by molar-refractivity contribution is 6.03. The van der Waals surface area contributed by atoms with Gasteiger partial charge in [-0.25, -0.2) is 0 Å². The van der Waals surface area contributed by atoms with Gasteiger partial charge >= 0.3 is 5.97 Å². The number of Topliss-reactive ketones (excluding diaryl/α,β-unsaturated/α-hetero) is 1. The average molecular weight is 380 g/mol. The molecule has 0 saturated carbocycles. The fourth-order valence-corrected chi connectivity index (χ4v) is 3.21. The van der Waals surface area contributed by atoms with Crippen molar-refractivity contribution in [3.8, 4) is 0 Å². The molecule has 0 radical (unpaired) electrons. The van der Waals surface area contributed by atoms with Gasteiger partial charge in [-0.2, -0.15) is 0 Å². The smallest absolute Gasteiger partial charge is 0.316 e. The van der Waals surface area contributed by atoms with E-state index < -0.39 is 42.1 Å². The summed E-state index contributed by atoms with van der Waals surface area (Å²) in [4.78, 5) is 25.3. The zero-order valence-electron chi connectivity index (χ0n) is 16.9. The summed E-state index contributed by atoms with van der Waals surface area (Å²) in [5.41, 5.74) is -0.514. The molecule has 5 atom stereocenters. The average Bonchev–Trinajstić information content (AvgIpc) is 2.63. The van der Waals surface area contributed by atoms with Crippen molar-refractivity contribution in [2.24, 2.45) is 11.8 Å². The molecule has 0 bridgehead atoms. The Balaban J connectivity index is 3.39. The van der Waals surface area contributed by atoms with Gasteiger partial charge in [0.15, 0.2) is 11.4 Å². The summed E-state index contributed by atoms with van der Waals surface area (Å²) in [7, 11) is 1.33. The van der Waals surface area contributed by atoms with Crippen LogP contribution in [0.2, 0.25) is 0 Å². The highest BCUT2D eigenvalue weighted by atomic mass is 16.5. The fraction of sp³-hybridized carbons (Fsp3) is 0.619. The van der Waals surface area contributed by atoms with Gasteiger partial charge in [0.2, 0.25) is 0 Å². The van der Waals surface area contributed by atoms with E-state index in [1.54, 1.807) is 6.08 Å². The maximum atomic E-state index is 12.8. The lowest BCUT2D eigenvalue weighted by Crippen LogP contribution is -2.56. The molecule has 0 aromatic heterocycles. The molecule has 1 rings (SSSR count). The first-order valence-electron chi connectivity index (χ1n) is 9.25. The first-order chi connectivity index (χ1) is 12.6. The monoisotopic (exact) mass is 380 g/mol. The van der Waals surface area contributed by atoms with Gasteiger partial charge in [-0.15, -0.1) is 0 Å². The van der Waals surface area contributed by atoms with Gasteiger partial charge in [-0.3, -0.25) is 9.59 Å². The molecule has 0 amide bonds. The lowest BCUT2D eigenvalue weighted by molar-refractivity contribution is -0.169. The number of aliphatic hydroxyl groups excluding tert-OH is 1. The molecule has 27 heavy (non-hydrogen) atoms. The molecule has 152 valence electrons. The summed E-state index contributed by atoms with van der Waals surface area (Å²) in [5, 5.41) is 20.5. The minimum absolute atomic E-state index is 0.0697. The number of hydrogen-bond donors (Lipinski definition) is 2. The Hall–Kier alpha value is -1.76. The molecule has 0 fully saturated rings. The van der Waals surface area contributed by atoms with Crippen molar-refractivity contribution in [1.29, 1.82) is 0 Å². The zero-order valence-corrected chi connectivity index (χ0v) is 16.9. The number of ether oxygens (including phenoxy) is 2. The molecular weight excluding hydrogens is 348 g/mol. The van der Waals surface area contributed by atoms with Gasteiger partial charge in [-0.1, -0.05) is 44.2 Å². The van der Waals surface area contributed by atoms with Crippen LogP contribution in [0.15, 0.2) is 36.0 Å². The third kappa shape index (κ3) is 5.61. The second-order valence-corrected chi connectivity index (χ2v) is 7.27. The van der Waals surface area contributed by atoms with Gasteiger partial charge < -0.3 is 19.7 Å². The van der Waals surface area contributed by atoms with Gasteiger partial charge in [0, 0.05) is 7.11 Å². The topological polar surface area (TPSA) is 93.1 Å². The number of aliphatic hydroxyl groups is 2. The SMILES string of the molecule is C=C1/C=C(\C)[C@H](CC)OC(=O)[C@H](C)C(=O)[C@@](O)(CO)[C@@H](OC)/C=C\[C@@H](C)C1. The van der Waals surface area contributed by atoms with Crippen LogP contribution in [0.4, 0.5) is 0 Å². The van der Waals surface area contributed by atoms with E-state index in [4.69, 9.17) is 9.47 Å². The van der Waals surface area contributed by atoms with Gasteiger partial charge in [0.05, 0.1) is 6.61 Å².